The van der Waals surface area contributed by atoms with Gasteiger partial charge in [0.05, 0.1) is 12.0 Å². The number of carbonyl (C=O) groups excluding carboxylic acids is 1. The van der Waals surface area contributed by atoms with Gasteiger partial charge in [-0.2, -0.15) is 5.26 Å². The summed E-state index contributed by atoms with van der Waals surface area (Å²) in [5.41, 5.74) is 0. The van der Waals surface area contributed by atoms with E-state index in [0.717, 1.165) is 19.3 Å². The second kappa shape index (κ2) is 5.36. The van der Waals surface area contributed by atoms with E-state index in [4.69, 9.17) is 15.1 Å². The standard InChI is InChI=1S/C12H16N2O4/c13-6-7-2-1-3-8(7)14-11(15)9-4-5-10(18-9)12(16)17/h7-10H,1-5H2,(H,14,15)(H,16,17)/t7?,8?,9-,10+/m0/s1. The fourth-order valence-electron chi connectivity index (χ4n) is 2.57. The van der Waals surface area contributed by atoms with E-state index in [9.17, 15) is 9.59 Å². The molecule has 6 nitrogen and oxygen atoms in total. The number of amides is 1. The lowest BCUT2D eigenvalue weighted by Crippen LogP contribution is -2.43. The molecule has 0 aromatic carbocycles. The average Bonchev–Trinajstić information content (AvgIpc) is 2.96. The van der Waals surface area contributed by atoms with Crippen molar-refractivity contribution in [3.8, 4) is 6.07 Å². The molecule has 0 aromatic rings. The molecule has 2 aliphatic rings. The van der Waals surface area contributed by atoms with Gasteiger partial charge in [-0.15, -0.1) is 0 Å². The molecule has 6 heteroatoms. The zero-order chi connectivity index (χ0) is 13.1. The fourth-order valence-corrected chi connectivity index (χ4v) is 2.57. The van der Waals surface area contributed by atoms with Crippen molar-refractivity contribution in [3.63, 3.8) is 0 Å². The number of hydrogen-bond acceptors (Lipinski definition) is 4. The van der Waals surface area contributed by atoms with Gasteiger partial charge in [-0.1, -0.05) is 0 Å². The van der Waals surface area contributed by atoms with Crippen molar-refractivity contribution in [1.29, 1.82) is 5.26 Å². The molecule has 2 fully saturated rings. The number of nitrogens with one attached hydrogen (secondary N) is 1. The first-order valence-corrected chi connectivity index (χ1v) is 6.20. The highest BCUT2D eigenvalue weighted by Crippen LogP contribution is 2.26. The maximum Gasteiger partial charge on any atom is 0.332 e. The van der Waals surface area contributed by atoms with E-state index < -0.39 is 18.2 Å². The summed E-state index contributed by atoms with van der Waals surface area (Å²) in [7, 11) is 0. The molecule has 2 rings (SSSR count). The molecule has 1 saturated heterocycles. The molecule has 1 heterocycles. The van der Waals surface area contributed by atoms with Crippen LogP contribution in [0.2, 0.25) is 0 Å². The largest absolute Gasteiger partial charge is 0.479 e. The molecule has 0 bridgehead atoms. The predicted molar refractivity (Wildman–Crippen MR) is 60.4 cm³/mol. The lowest BCUT2D eigenvalue weighted by molar-refractivity contribution is -0.151. The summed E-state index contributed by atoms with van der Waals surface area (Å²) >= 11 is 0. The maximum absolute atomic E-state index is 11.9. The Hall–Kier alpha value is -1.61. The van der Waals surface area contributed by atoms with Gasteiger partial charge in [0, 0.05) is 6.04 Å². The molecule has 0 radical (unpaired) electrons. The first-order chi connectivity index (χ1) is 8.61. The average molecular weight is 252 g/mol. The Kier molecular flexibility index (Phi) is 3.82. The van der Waals surface area contributed by atoms with Crippen LogP contribution in [0.15, 0.2) is 0 Å². The number of aliphatic carboxylic acids is 1. The van der Waals surface area contributed by atoms with Crippen LogP contribution < -0.4 is 5.32 Å². The third-order valence-corrected chi connectivity index (χ3v) is 3.60. The topological polar surface area (TPSA) is 99.4 Å². The van der Waals surface area contributed by atoms with Gasteiger partial charge in [-0.25, -0.2) is 4.79 Å². The monoisotopic (exact) mass is 252 g/mol. The number of hydrogen-bond donors (Lipinski definition) is 2. The van der Waals surface area contributed by atoms with Gasteiger partial charge in [-0.3, -0.25) is 4.79 Å². The van der Waals surface area contributed by atoms with Crippen LogP contribution in [0.25, 0.3) is 0 Å². The number of nitriles is 1. The van der Waals surface area contributed by atoms with Crippen LogP contribution in [0.1, 0.15) is 32.1 Å². The van der Waals surface area contributed by atoms with Crippen molar-refractivity contribution < 1.29 is 19.4 Å². The van der Waals surface area contributed by atoms with E-state index in [1.807, 2.05) is 0 Å². The number of rotatable bonds is 3. The molecule has 98 valence electrons. The van der Waals surface area contributed by atoms with Crippen LogP contribution >= 0.6 is 0 Å². The van der Waals surface area contributed by atoms with Gasteiger partial charge in [0.15, 0.2) is 6.10 Å². The molecule has 18 heavy (non-hydrogen) atoms. The van der Waals surface area contributed by atoms with Crippen molar-refractivity contribution in [2.45, 2.75) is 50.4 Å². The van der Waals surface area contributed by atoms with Gasteiger partial charge in [-0.05, 0) is 32.1 Å². The minimum atomic E-state index is -1.03. The number of nitrogens with zero attached hydrogens (tertiary/aromatic N) is 1. The highest BCUT2D eigenvalue weighted by Gasteiger charge is 2.37. The first-order valence-electron chi connectivity index (χ1n) is 6.20. The van der Waals surface area contributed by atoms with Crippen LogP contribution in [0.4, 0.5) is 0 Å². The van der Waals surface area contributed by atoms with E-state index in [0.29, 0.717) is 12.8 Å². The highest BCUT2D eigenvalue weighted by atomic mass is 16.5. The summed E-state index contributed by atoms with van der Waals surface area (Å²) in [6, 6.07) is 2.07. The number of carboxylic acids is 1. The molecule has 2 unspecified atom stereocenters. The van der Waals surface area contributed by atoms with Crippen LogP contribution in [-0.2, 0) is 14.3 Å². The molecule has 1 amide bonds. The summed E-state index contributed by atoms with van der Waals surface area (Å²) in [4.78, 5) is 22.6. The Balaban J connectivity index is 1.86. The van der Waals surface area contributed by atoms with Crippen molar-refractivity contribution in [1.82, 2.24) is 5.32 Å². The van der Waals surface area contributed by atoms with Gasteiger partial charge >= 0.3 is 5.97 Å². The fraction of sp³-hybridized carbons (Fsp3) is 0.750. The second-order valence-electron chi connectivity index (χ2n) is 4.81. The lowest BCUT2D eigenvalue weighted by Gasteiger charge is -2.18. The van der Waals surface area contributed by atoms with E-state index in [2.05, 4.69) is 11.4 Å². The Labute approximate surface area is 105 Å². The van der Waals surface area contributed by atoms with E-state index >= 15 is 0 Å². The van der Waals surface area contributed by atoms with Crippen molar-refractivity contribution >= 4 is 11.9 Å². The van der Waals surface area contributed by atoms with E-state index in [-0.39, 0.29) is 17.9 Å². The van der Waals surface area contributed by atoms with Gasteiger partial charge in [0.25, 0.3) is 0 Å². The van der Waals surface area contributed by atoms with Crippen molar-refractivity contribution in [3.05, 3.63) is 0 Å². The van der Waals surface area contributed by atoms with Crippen LogP contribution in [0.3, 0.4) is 0 Å². The van der Waals surface area contributed by atoms with Gasteiger partial charge in [0.1, 0.15) is 6.10 Å². The summed E-state index contributed by atoms with van der Waals surface area (Å²) in [5.74, 6) is -1.45. The Morgan fingerprint density at radius 3 is 2.56 bits per heavy atom. The van der Waals surface area contributed by atoms with Crippen LogP contribution in [0.5, 0.6) is 0 Å². The third-order valence-electron chi connectivity index (χ3n) is 3.60. The molecule has 1 aliphatic carbocycles. The summed E-state index contributed by atoms with van der Waals surface area (Å²) in [6.45, 7) is 0. The van der Waals surface area contributed by atoms with Crippen molar-refractivity contribution in [2.75, 3.05) is 0 Å². The molecule has 1 saturated carbocycles. The lowest BCUT2D eigenvalue weighted by atomic mass is 10.1. The minimum absolute atomic E-state index is 0.116. The van der Waals surface area contributed by atoms with Gasteiger partial charge in [0.2, 0.25) is 5.91 Å². The molecular formula is C12H16N2O4. The third kappa shape index (κ3) is 2.62. The first kappa shape index (κ1) is 12.8. The highest BCUT2D eigenvalue weighted by molar-refractivity contribution is 5.82. The van der Waals surface area contributed by atoms with E-state index in [1.54, 1.807) is 0 Å². The summed E-state index contributed by atoms with van der Waals surface area (Å²) in [6.07, 6.45) is 1.77. The molecular weight excluding hydrogens is 236 g/mol. The molecule has 0 aromatic heterocycles. The zero-order valence-corrected chi connectivity index (χ0v) is 9.96. The SMILES string of the molecule is N#CC1CCCC1NC(=O)[C@@H]1CC[C@H](C(=O)O)O1. The maximum atomic E-state index is 11.9. The Morgan fingerprint density at radius 2 is 1.94 bits per heavy atom. The van der Waals surface area contributed by atoms with Gasteiger partial charge < -0.3 is 15.2 Å². The van der Waals surface area contributed by atoms with Crippen molar-refractivity contribution in [2.24, 2.45) is 5.92 Å². The predicted octanol–water partition coefficient (Wildman–Crippen LogP) is 0.427. The Bertz CT molecular complexity index is 390. The number of carboxylic acid groups (broad SMARTS) is 1. The minimum Gasteiger partial charge on any atom is -0.479 e. The molecule has 4 atom stereocenters. The normalized spacial score (nSPS) is 35.1. The summed E-state index contributed by atoms with van der Waals surface area (Å²) < 4.78 is 5.17. The number of carbonyl (C=O) groups is 2. The summed E-state index contributed by atoms with van der Waals surface area (Å²) in [5, 5.41) is 20.5. The molecule has 0 spiro atoms. The Morgan fingerprint density at radius 1 is 1.22 bits per heavy atom. The smallest absolute Gasteiger partial charge is 0.332 e. The van der Waals surface area contributed by atoms with Crippen LogP contribution in [0, 0.1) is 17.2 Å². The van der Waals surface area contributed by atoms with Crippen LogP contribution in [-0.4, -0.2) is 35.2 Å². The second-order valence-corrected chi connectivity index (χ2v) is 4.81. The number of ether oxygens (including phenoxy) is 1. The molecule has 1 aliphatic heterocycles. The molecule has 2 N–H and O–H groups in total. The quantitative estimate of drug-likeness (QED) is 0.758. The zero-order valence-electron chi connectivity index (χ0n) is 9.96. The van der Waals surface area contributed by atoms with E-state index in [1.165, 1.54) is 0 Å².